The molecule has 1 unspecified atom stereocenters. The van der Waals surface area contributed by atoms with Crippen molar-refractivity contribution in [2.45, 2.75) is 19.3 Å². The van der Waals surface area contributed by atoms with Gasteiger partial charge in [0.2, 0.25) is 0 Å². The summed E-state index contributed by atoms with van der Waals surface area (Å²) in [6.07, 6.45) is 14.8. The molecule has 2 nitrogen and oxygen atoms in total. The van der Waals surface area contributed by atoms with Crippen molar-refractivity contribution in [2.75, 3.05) is 4.90 Å². The van der Waals surface area contributed by atoms with E-state index in [2.05, 4.69) is 161 Å². The summed E-state index contributed by atoms with van der Waals surface area (Å²) >= 11 is 0. The fraction of sp³-hybridized carbons (Fsp3) is 0.0909. The van der Waals surface area contributed by atoms with Crippen molar-refractivity contribution in [3.05, 3.63) is 185 Å². The molecule has 6 aromatic rings. The molecule has 0 saturated carbocycles. The van der Waals surface area contributed by atoms with Crippen LogP contribution in [0.2, 0.25) is 0 Å². The van der Waals surface area contributed by atoms with E-state index in [1.807, 2.05) is 0 Å². The lowest BCUT2D eigenvalue weighted by Crippen LogP contribution is -2.20. The molecule has 0 aliphatic heterocycles. The van der Waals surface area contributed by atoms with Gasteiger partial charge in [0.25, 0.3) is 0 Å². The van der Waals surface area contributed by atoms with E-state index in [9.17, 15) is 0 Å². The molecular weight excluding hydrogens is 556 g/mol. The molecule has 0 N–H and O–H groups in total. The highest BCUT2D eigenvalue weighted by atomic mass is 15.2. The second-order valence-electron chi connectivity index (χ2n) is 12.8. The number of fused-ring (bicyclic) bond motifs is 7. The molecule has 0 spiro atoms. The topological polar surface area (TPSA) is 8.17 Å². The minimum atomic E-state index is 0.445. The molecule has 218 valence electrons. The summed E-state index contributed by atoms with van der Waals surface area (Å²) in [5, 5.41) is 2.55. The Hall–Kier alpha value is -5.60. The Morgan fingerprint density at radius 1 is 0.652 bits per heavy atom. The molecule has 5 aromatic carbocycles. The third-order valence-electron chi connectivity index (χ3n) is 10.3. The molecule has 0 fully saturated rings. The number of aromatic nitrogens is 1. The first-order valence-electron chi connectivity index (χ1n) is 16.4. The predicted octanol–water partition coefficient (Wildman–Crippen LogP) is 11.1. The van der Waals surface area contributed by atoms with Crippen LogP contribution >= 0.6 is 0 Å². The number of benzene rings is 5. The zero-order valence-electron chi connectivity index (χ0n) is 25.5. The monoisotopic (exact) mass is 588 g/mol. The lowest BCUT2D eigenvalue weighted by atomic mass is 9.76. The Kier molecular flexibility index (Phi) is 5.56. The van der Waals surface area contributed by atoms with Crippen molar-refractivity contribution in [1.29, 1.82) is 0 Å². The first-order chi connectivity index (χ1) is 22.8. The Bertz CT molecular complexity index is 2380. The highest BCUT2D eigenvalue weighted by Gasteiger charge is 2.39. The van der Waals surface area contributed by atoms with E-state index in [-0.39, 0.29) is 0 Å². The van der Waals surface area contributed by atoms with Crippen LogP contribution in [0.25, 0.3) is 38.6 Å². The molecule has 46 heavy (non-hydrogen) atoms. The SMILES string of the molecule is C1=CC2=C3C4=CCCC(N(c5ccccc5)c5ccc6c7ccccc7n(-c7ccccc7)c6c5)=C4c4cccc(c43)CC2C=C1. The van der Waals surface area contributed by atoms with Crippen LogP contribution in [0.1, 0.15) is 29.5 Å². The zero-order valence-corrected chi connectivity index (χ0v) is 25.5. The summed E-state index contributed by atoms with van der Waals surface area (Å²) in [6, 6.07) is 44.6. The molecule has 1 aromatic heterocycles. The third kappa shape index (κ3) is 3.64. The second kappa shape index (κ2) is 9.95. The highest BCUT2D eigenvalue weighted by molar-refractivity contribution is 6.14. The number of allylic oxidation sites excluding steroid dienone is 10. The van der Waals surface area contributed by atoms with Crippen molar-refractivity contribution in [2.24, 2.45) is 5.92 Å². The first-order valence-corrected chi connectivity index (χ1v) is 16.4. The van der Waals surface area contributed by atoms with E-state index >= 15 is 0 Å². The maximum Gasteiger partial charge on any atom is 0.0561 e. The molecule has 1 heterocycles. The average Bonchev–Trinajstić information content (AvgIpc) is 3.64. The van der Waals surface area contributed by atoms with Gasteiger partial charge >= 0.3 is 0 Å². The Labute approximate surface area is 269 Å². The molecule has 2 heteroatoms. The van der Waals surface area contributed by atoms with Crippen molar-refractivity contribution in [3.63, 3.8) is 0 Å². The number of hydrogen-bond acceptors (Lipinski definition) is 1. The van der Waals surface area contributed by atoms with Crippen LogP contribution < -0.4 is 4.90 Å². The minimum absolute atomic E-state index is 0.445. The van der Waals surface area contributed by atoms with Crippen LogP contribution in [-0.2, 0) is 6.42 Å². The maximum absolute atomic E-state index is 2.55. The van der Waals surface area contributed by atoms with Crippen LogP contribution in [0.4, 0.5) is 11.4 Å². The maximum atomic E-state index is 2.55. The van der Waals surface area contributed by atoms with Gasteiger partial charge < -0.3 is 9.47 Å². The van der Waals surface area contributed by atoms with Gasteiger partial charge in [-0.1, -0.05) is 109 Å². The molecule has 4 aliphatic rings. The van der Waals surface area contributed by atoms with Gasteiger partial charge in [0.1, 0.15) is 0 Å². The molecule has 1 atom stereocenters. The standard InChI is InChI=1S/C44H32N2/c1-3-15-31(16-4-1)45(33-25-26-36-35-20-9-10-23-39(35)46(41(36)28-33)32-17-5-2-6-18-32)40-24-12-22-38-43(40)37-21-11-14-30-27-29-13-7-8-19-34(29)44(38)42(30)37/h1-11,13-23,25-26,28-29H,12,24,27H2. The highest BCUT2D eigenvalue weighted by Crippen LogP contribution is 2.57. The fourth-order valence-electron chi connectivity index (χ4n) is 8.45. The van der Waals surface area contributed by atoms with Crippen LogP contribution in [-0.4, -0.2) is 4.57 Å². The van der Waals surface area contributed by atoms with E-state index in [1.54, 1.807) is 0 Å². The van der Waals surface area contributed by atoms with E-state index in [1.165, 1.54) is 83.5 Å². The van der Waals surface area contributed by atoms with E-state index in [4.69, 9.17) is 0 Å². The Balaban J connectivity index is 1.25. The number of rotatable bonds is 4. The minimum Gasteiger partial charge on any atom is -0.313 e. The lowest BCUT2D eigenvalue weighted by Gasteiger charge is -2.32. The Morgan fingerprint density at radius 2 is 1.46 bits per heavy atom. The van der Waals surface area contributed by atoms with Crippen LogP contribution in [0.5, 0.6) is 0 Å². The van der Waals surface area contributed by atoms with Crippen molar-refractivity contribution in [1.82, 2.24) is 4.57 Å². The van der Waals surface area contributed by atoms with Gasteiger partial charge in [-0.3, -0.25) is 0 Å². The largest absolute Gasteiger partial charge is 0.313 e. The summed E-state index contributed by atoms with van der Waals surface area (Å²) in [7, 11) is 0. The molecule has 0 saturated heterocycles. The van der Waals surface area contributed by atoms with Gasteiger partial charge in [-0.05, 0) is 95.1 Å². The van der Waals surface area contributed by atoms with Gasteiger partial charge in [0.05, 0.1) is 11.0 Å². The first kappa shape index (κ1) is 25.7. The molecule has 0 amide bonds. The summed E-state index contributed by atoms with van der Waals surface area (Å²) < 4.78 is 2.42. The number of anilines is 2. The number of hydrogen-bond donors (Lipinski definition) is 0. The average molecular weight is 589 g/mol. The van der Waals surface area contributed by atoms with Crippen molar-refractivity contribution < 1.29 is 0 Å². The van der Waals surface area contributed by atoms with Crippen LogP contribution in [0.3, 0.4) is 0 Å². The number of nitrogens with zero attached hydrogens (tertiary/aromatic N) is 2. The zero-order chi connectivity index (χ0) is 30.2. The second-order valence-corrected chi connectivity index (χ2v) is 12.8. The Morgan fingerprint density at radius 3 is 2.35 bits per heavy atom. The van der Waals surface area contributed by atoms with E-state index < -0.39 is 0 Å². The normalized spacial score (nSPS) is 17.7. The smallest absolute Gasteiger partial charge is 0.0561 e. The van der Waals surface area contributed by atoms with Gasteiger partial charge in [-0.25, -0.2) is 0 Å². The molecule has 10 rings (SSSR count). The number of para-hydroxylation sites is 3. The molecular formula is C44H32N2. The van der Waals surface area contributed by atoms with Crippen LogP contribution in [0, 0.1) is 5.92 Å². The van der Waals surface area contributed by atoms with Crippen molar-refractivity contribution in [3.8, 4) is 5.69 Å². The molecule has 4 aliphatic carbocycles. The quantitative estimate of drug-likeness (QED) is 0.199. The molecule has 0 bridgehead atoms. The lowest BCUT2D eigenvalue weighted by molar-refractivity contribution is 0.755. The predicted molar refractivity (Wildman–Crippen MR) is 192 cm³/mol. The van der Waals surface area contributed by atoms with Crippen molar-refractivity contribution >= 4 is 44.3 Å². The van der Waals surface area contributed by atoms with E-state index in [0.717, 1.165) is 19.3 Å². The van der Waals surface area contributed by atoms with Gasteiger partial charge in [-0.2, -0.15) is 0 Å². The van der Waals surface area contributed by atoms with E-state index in [0.29, 0.717) is 5.92 Å². The van der Waals surface area contributed by atoms with Gasteiger partial charge in [0.15, 0.2) is 0 Å². The summed E-state index contributed by atoms with van der Waals surface area (Å²) in [4.78, 5) is 2.55. The van der Waals surface area contributed by atoms with Gasteiger partial charge in [-0.15, -0.1) is 0 Å². The summed E-state index contributed by atoms with van der Waals surface area (Å²) in [5.41, 5.74) is 17.5. The third-order valence-corrected chi connectivity index (χ3v) is 10.3. The summed E-state index contributed by atoms with van der Waals surface area (Å²) in [5.74, 6) is 0.445. The molecule has 0 radical (unpaired) electrons. The van der Waals surface area contributed by atoms with Gasteiger partial charge in [0, 0.05) is 45.0 Å². The van der Waals surface area contributed by atoms with Crippen LogP contribution in [0.15, 0.2) is 169 Å². The summed E-state index contributed by atoms with van der Waals surface area (Å²) in [6.45, 7) is 0. The fourth-order valence-corrected chi connectivity index (χ4v) is 8.45.